The van der Waals surface area contributed by atoms with Gasteiger partial charge in [0.1, 0.15) is 5.60 Å². The Morgan fingerprint density at radius 3 is 2.69 bits per heavy atom. The molecule has 2 aliphatic heterocycles. The van der Waals surface area contributed by atoms with Crippen molar-refractivity contribution in [3.05, 3.63) is 42.5 Å². The van der Waals surface area contributed by atoms with Crippen molar-refractivity contribution >= 4 is 11.9 Å². The molecule has 2 unspecified atom stereocenters. The van der Waals surface area contributed by atoms with Crippen molar-refractivity contribution in [3.8, 4) is 0 Å². The molecule has 4 rings (SSSR count). The number of nitrogens with zero attached hydrogens (tertiary/aromatic N) is 5. The molecule has 174 valence electrons. The van der Waals surface area contributed by atoms with Crippen LogP contribution < -0.4 is 0 Å². The minimum absolute atomic E-state index is 0.0566. The lowest BCUT2D eigenvalue weighted by Gasteiger charge is -2.32. The first-order valence-corrected chi connectivity index (χ1v) is 9.78. The van der Waals surface area contributed by atoms with Gasteiger partial charge in [-0.05, 0) is 25.0 Å². The van der Waals surface area contributed by atoms with E-state index in [1.807, 2.05) is 16.9 Å². The molecule has 0 aliphatic carbocycles. The summed E-state index contributed by atoms with van der Waals surface area (Å²) in [5, 5.41) is 18.9. The molecule has 13 heteroatoms. The molecule has 1 amide bonds. The molecular weight excluding hydrogens is 435 g/mol. The Labute approximate surface area is 180 Å². The molecular formula is C19H22F3N5O5. The third-order valence-electron chi connectivity index (χ3n) is 5.00. The number of hydrogen-bond donors (Lipinski definition) is 1. The number of aromatic nitrogens is 4. The first kappa shape index (κ1) is 23.6. The number of hydrogen-bond acceptors (Lipinski definition) is 7. The molecule has 2 aromatic rings. The fourth-order valence-electron chi connectivity index (χ4n) is 3.54. The minimum Gasteiger partial charge on any atom is -0.475 e. The number of ether oxygens (including phenoxy) is 2. The monoisotopic (exact) mass is 457 g/mol. The Bertz CT molecular complexity index is 897. The Hall–Kier alpha value is -3.06. The van der Waals surface area contributed by atoms with Gasteiger partial charge >= 0.3 is 12.1 Å². The Balaban J connectivity index is 0.000000360. The fourth-order valence-corrected chi connectivity index (χ4v) is 3.54. The van der Waals surface area contributed by atoms with Crippen molar-refractivity contribution in [2.75, 3.05) is 26.3 Å². The van der Waals surface area contributed by atoms with Crippen molar-refractivity contribution < 1.29 is 37.3 Å². The first-order valence-electron chi connectivity index (χ1n) is 9.78. The summed E-state index contributed by atoms with van der Waals surface area (Å²) in [6.07, 6.45) is 3.54. The van der Waals surface area contributed by atoms with E-state index in [1.165, 1.54) is 12.4 Å². The smallest absolute Gasteiger partial charge is 0.475 e. The van der Waals surface area contributed by atoms with Crippen LogP contribution in [0, 0.1) is 0 Å². The topological polar surface area (TPSA) is 120 Å². The van der Waals surface area contributed by atoms with Crippen LogP contribution in [0.15, 0.2) is 36.9 Å². The molecule has 2 atom stereocenters. The third kappa shape index (κ3) is 6.23. The van der Waals surface area contributed by atoms with Crippen LogP contribution in [-0.2, 0) is 20.8 Å². The largest absolute Gasteiger partial charge is 0.490 e. The van der Waals surface area contributed by atoms with Crippen molar-refractivity contribution in [1.29, 1.82) is 0 Å². The summed E-state index contributed by atoms with van der Waals surface area (Å²) in [6.45, 7) is 2.83. The van der Waals surface area contributed by atoms with E-state index in [1.54, 1.807) is 17.2 Å². The van der Waals surface area contributed by atoms with Crippen LogP contribution in [0.5, 0.6) is 0 Å². The van der Waals surface area contributed by atoms with E-state index < -0.39 is 17.7 Å². The summed E-state index contributed by atoms with van der Waals surface area (Å²) in [4.78, 5) is 23.5. The lowest BCUT2D eigenvalue weighted by atomic mass is 10.00. The van der Waals surface area contributed by atoms with Gasteiger partial charge in [0.15, 0.2) is 0 Å². The molecule has 1 spiro atoms. The molecule has 0 aromatic carbocycles. The van der Waals surface area contributed by atoms with E-state index in [0.717, 1.165) is 19.4 Å². The van der Waals surface area contributed by atoms with Gasteiger partial charge in [0, 0.05) is 18.9 Å². The number of alkyl halides is 3. The maximum Gasteiger partial charge on any atom is 0.490 e. The normalized spacial score (nSPS) is 23.3. The molecule has 2 aromatic heterocycles. The van der Waals surface area contributed by atoms with Gasteiger partial charge in [-0.25, -0.2) is 4.79 Å². The Morgan fingerprint density at radius 2 is 2.06 bits per heavy atom. The highest BCUT2D eigenvalue weighted by atomic mass is 19.4. The first-order chi connectivity index (χ1) is 15.2. The summed E-state index contributed by atoms with van der Waals surface area (Å²) in [5.41, 5.74) is 0.0999. The van der Waals surface area contributed by atoms with Gasteiger partial charge in [-0.1, -0.05) is 0 Å². The van der Waals surface area contributed by atoms with Crippen molar-refractivity contribution in [2.45, 2.75) is 37.3 Å². The molecule has 32 heavy (non-hydrogen) atoms. The number of halogens is 3. The van der Waals surface area contributed by atoms with Crippen LogP contribution in [0.3, 0.4) is 0 Å². The third-order valence-corrected chi connectivity index (χ3v) is 5.00. The van der Waals surface area contributed by atoms with Crippen molar-refractivity contribution in [2.24, 2.45) is 0 Å². The Kier molecular flexibility index (Phi) is 7.40. The maximum atomic E-state index is 12.8. The van der Waals surface area contributed by atoms with Crippen LogP contribution in [0.25, 0.3) is 0 Å². The van der Waals surface area contributed by atoms with Crippen LogP contribution in [0.4, 0.5) is 13.2 Å². The van der Waals surface area contributed by atoms with Gasteiger partial charge in [0.25, 0.3) is 5.91 Å². The zero-order chi connectivity index (χ0) is 23.2. The number of aliphatic carboxylic acids is 1. The SMILES string of the molecule is O=C(O)C(F)(F)F.O=C(c1ccnnc1)N1CCOCC2(CCC(Cn3cccn3)O2)C1. The molecule has 4 heterocycles. The molecule has 1 N–H and O–H groups in total. The average Bonchev–Trinajstić information content (AvgIpc) is 3.35. The van der Waals surface area contributed by atoms with E-state index in [0.29, 0.717) is 31.9 Å². The highest BCUT2D eigenvalue weighted by Gasteiger charge is 2.44. The summed E-state index contributed by atoms with van der Waals surface area (Å²) in [7, 11) is 0. The van der Waals surface area contributed by atoms with E-state index in [9.17, 15) is 18.0 Å². The molecule has 0 bridgehead atoms. The number of carbonyl (C=O) groups is 2. The van der Waals surface area contributed by atoms with Crippen molar-refractivity contribution in [3.63, 3.8) is 0 Å². The lowest BCUT2D eigenvalue weighted by molar-refractivity contribution is -0.192. The number of carbonyl (C=O) groups excluding carboxylic acids is 1. The van der Waals surface area contributed by atoms with E-state index in [-0.39, 0.29) is 12.0 Å². The van der Waals surface area contributed by atoms with Gasteiger partial charge in [0.05, 0.1) is 50.4 Å². The summed E-state index contributed by atoms with van der Waals surface area (Å²) >= 11 is 0. The van der Waals surface area contributed by atoms with E-state index >= 15 is 0 Å². The fraction of sp³-hybridized carbons (Fsp3) is 0.526. The number of rotatable bonds is 3. The zero-order valence-electron chi connectivity index (χ0n) is 16.9. The van der Waals surface area contributed by atoms with E-state index in [2.05, 4.69) is 15.3 Å². The highest BCUT2D eigenvalue weighted by Crippen LogP contribution is 2.34. The van der Waals surface area contributed by atoms with E-state index in [4.69, 9.17) is 19.4 Å². The predicted octanol–water partition coefficient (Wildman–Crippen LogP) is 1.40. The molecule has 2 aliphatic rings. The van der Waals surface area contributed by atoms with Crippen molar-refractivity contribution in [1.82, 2.24) is 24.9 Å². The maximum absolute atomic E-state index is 12.8. The van der Waals surface area contributed by atoms with Crippen LogP contribution >= 0.6 is 0 Å². The van der Waals surface area contributed by atoms with Gasteiger partial charge in [-0.15, -0.1) is 0 Å². The predicted molar refractivity (Wildman–Crippen MR) is 102 cm³/mol. The number of carboxylic acids is 1. The average molecular weight is 457 g/mol. The second-order valence-corrected chi connectivity index (χ2v) is 7.40. The number of carboxylic acid groups (broad SMARTS) is 1. The standard InChI is InChI=1S/C17H21N5O3.C2HF3O2/c23-16(14-3-6-18-19-10-14)21-8-9-24-13-17(12-21)4-2-15(25-17)11-22-7-1-5-20-22;3-2(4,5)1(6)7/h1,3,5-7,10,15H,2,4,8-9,11-13H2;(H,6,7). The minimum atomic E-state index is -5.08. The highest BCUT2D eigenvalue weighted by molar-refractivity contribution is 5.93. The second-order valence-electron chi connectivity index (χ2n) is 7.40. The van der Waals surface area contributed by atoms with Gasteiger partial charge in [-0.3, -0.25) is 9.48 Å². The Morgan fingerprint density at radius 1 is 1.28 bits per heavy atom. The van der Waals surface area contributed by atoms with Gasteiger partial charge in [-0.2, -0.15) is 28.5 Å². The molecule has 2 saturated heterocycles. The number of amides is 1. The van der Waals surface area contributed by atoms with Crippen LogP contribution in [0.2, 0.25) is 0 Å². The zero-order valence-corrected chi connectivity index (χ0v) is 16.9. The second kappa shape index (κ2) is 10.0. The molecule has 10 nitrogen and oxygen atoms in total. The lowest BCUT2D eigenvalue weighted by Crippen LogP contribution is -2.46. The summed E-state index contributed by atoms with van der Waals surface area (Å²) < 4.78 is 45.7. The molecule has 0 saturated carbocycles. The molecule has 2 fully saturated rings. The van der Waals surface area contributed by atoms with Gasteiger partial charge < -0.3 is 19.5 Å². The van der Waals surface area contributed by atoms with Crippen LogP contribution in [-0.4, -0.2) is 86.0 Å². The molecule has 0 radical (unpaired) electrons. The summed E-state index contributed by atoms with van der Waals surface area (Å²) in [6, 6.07) is 3.59. The summed E-state index contributed by atoms with van der Waals surface area (Å²) in [5.74, 6) is -2.81. The van der Waals surface area contributed by atoms with Gasteiger partial charge in [0.2, 0.25) is 0 Å². The quantitative estimate of drug-likeness (QED) is 0.735. The van der Waals surface area contributed by atoms with Crippen LogP contribution in [0.1, 0.15) is 23.2 Å².